The summed E-state index contributed by atoms with van der Waals surface area (Å²) in [6.45, 7) is 4.55. The molecule has 172 valence electrons. The number of hydrogen-bond donors (Lipinski definition) is 2. The fraction of sp³-hybridized carbons (Fsp3) is 0.440. The fourth-order valence-corrected chi connectivity index (χ4v) is 3.70. The van der Waals surface area contributed by atoms with Gasteiger partial charge < -0.3 is 20.5 Å². The maximum Gasteiger partial charge on any atom is 0.338 e. The molecule has 3 N–H and O–H groups in total. The average molecular weight is 440 g/mol. The van der Waals surface area contributed by atoms with Crippen LogP contribution in [0.5, 0.6) is 5.75 Å². The van der Waals surface area contributed by atoms with E-state index in [0.717, 1.165) is 31.9 Å². The first kappa shape index (κ1) is 23.8. The van der Waals surface area contributed by atoms with Gasteiger partial charge in [-0.25, -0.2) is 4.79 Å². The van der Waals surface area contributed by atoms with Gasteiger partial charge in [0, 0.05) is 13.1 Å². The van der Waals surface area contributed by atoms with Gasteiger partial charge >= 0.3 is 5.97 Å². The molecule has 32 heavy (non-hydrogen) atoms. The van der Waals surface area contributed by atoms with E-state index in [4.69, 9.17) is 15.2 Å². The number of hydrogen-bond acceptors (Lipinski definition) is 6. The zero-order valence-electron chi connectivity index (χ0n) is 18.5. The molecule has 0 spiro atoms. The number of nitrogens with two attached hydrogens (primary N) is 1. The molecule has 2 aromatic carbocycles. The molecular weight excluding hydrogens is 406 g/mol. The Labute approximate surface area is 189 Å². The summed E-state index contributed by atoms with van der Waals surface area (Å²) < 4.78 is 10.8. The largest absolute Gasteiger partial charge is 0.494 e. The summed E-state index contributed by atoms with van der Waals surface area (Å²) in [4.78, 5) is 26.1. The van der Waals surface area contributed by atoms with Gasteiger partial charge in [0.2, 0.25) is 0 Å². The second kappa shape index (κ2) is 12.8. The number of likely N-dealkylation sites (tertiary alicyclic amines) is 1. The Bertz CT molecular complexity index is 851. The Morgan fingerprint density at radius 3 is 2.59 bits per heavy atom. The molecule has 1 saturated heterocycles. The molecule has 1 aliphatic rings. The minimum atomic E-state index is -0.507. The minimum Gasteiger partial charge on any atom is -0.494 e. The Morgan fingerprint density at radius 1 is 1.06 bits per heavy atom. The fourth-order valence-electron chi connectivity index (χ4n) is 3.70. The third-order valence-electron chi connectivity index (χ3n) is 5.60. The van der Waals surface area contributed by atoms with E-state index in [9.17, 15) is 9.59 Å². The maximum atomic E-state index is 11.8. The normalized spacial score (nSPS) is 14.7. The van der Waals surface area contributed by atoms with E-state index in [-0.39, 0.29) is 12.5 Å². The van der Waals surface area contributed by atoms with E-state index in [1.54, 1.807) is 24.3 Å². The second-order valence-electron chi connectivity index (χ2n) is 8.10. The highest BCUT2D eigenvalue weighted by Gasteiger charge is 2.18. The molecule has 0 aromatic heterocycles. The van der Waals surface area contributed by atoms with Gasteiger partial charge in [-0.2, -0.15) is 0 Å². The lowest BCUT2D eigenvalue weighted by Crippen LogP contribution is -2.35. The predicted molar refractivity (Wildman–Crippen MR) is 123 cm³/mol. The standard InChI is InChI=1S/C25H33N3O4/c26-17-20-10-13-28(14-11-20)18-21-6-4-9-23(16-21)31-15-5-12-27-24(29)19-32-25(30)22-7-2-1-3-8-22/h1-4,6-9,16,20H,5,10-15,17-19,26H2,(H,27,29). The van der Waals surface area contributed by atoms with Crippen LogP contribution in [0, 0.1) is 5.92 Å². The van der Waals surface area contributed by atoms with Crippen molar-refractivity contribution in [2.75, 3.05) is 39.4 Å². The van der Waals surface area contributed by atoms with Crippen LogP contribution >= 0.6 is 0 Å². The Hall–Kier alpha value is -2.90. The first-order valence-electron chi connectivity index (χ1n) is 11.3. The van der Waals surface area contributed by atoms with Gasteiger partial charge in [0.15, 0.2) is 6.61 Å². The molecule has 3 rings (SSSR count). The van der Waals surface area contributed by atoms with Crippen molar-refractivity contribution in [1.82, 2.24) is 10.2 Å². The van der Waals surface area contributed by atoms with Crippen molar-refractivity contribution in [2.24, 2.45) is 11.7 Å². The van der Waals surface area contributed by atoms with E-state index < -0.39 is 5.97 Å². The first-order valence-corrected chi connectivity index (χ1v) is 11.3. The average Bonchev–Trinajstić information content (AvgIpc) is 2.83. The van der Waals surface area contributed by atoms with Crippen molar-refractivity contribution in [3.8, 4) is 5.75 Å². The Balaban J connectivity index is 1.29. The van der Waals surface area contributed by atoms with Crippen molar-refractivity contribution in [3.63, 3.8) is 0 Å². The molecule has 1 fully saturated rings. The number of esters is 1. The number of nitrogens with zero attached hydrogens (tertiary/aromatic N) is 1. The summed E-state index contributed by atoms with van der Waals surface area (Å²) in [5.74, 6) is 0.669. The van der Waals surface area contributed by atoms with Crippen LogP contribution in [0.3, 0.4) is 0 Å². The number of carbonyl (C=O) groups excluding carboxylic acids is 2. The third-order valence-corrected chi connectivity index (χ3v) is 5.60. The summed E-state index contributed by atoms with van der Waals surface area (Å²) in [6, 6.07) is 16.8. The van der Waals surface area contributed by atoms with Crippen molar-refractivity contribution in [1.29, 1.82) is 0 Å². The zero-order chi connectivity index (χ0) is 22.6. The van der Waals surface area contributed by atoms with E-state index in [2.05, 4.69) is 22.3 Å². The number of nitrogens with one attached hydrogen (secondary N) is 1. The van der Waals surface area contributed by atoms with Crippen LogP contribution < -0.4 is 15.8 Å². The quantitative estimate of drug-likeness (QED) is 0.413. The van der Waals surface area contributed by atoms with E-state index >= 15 is 0 Å². The second-order valence-corrected chi connectivity index (χ2v) is 8.10. The number of benzene rings is 2. The molecule has 2 aromatic rings. The van der Waals surface area contributed by atoms with Crippen LogP contribution in [0.25, 0.3) is 0 Å². The molecule has 7 heteroatoms. The summed E-state index contributed by atoms with van der Waals surface area (Å²) in [5, 5.41) is 2.74. The van der Waals surface area contributed by atoms with Crippen molar-refractivity contribution in [2.45, 2.75) is 25.8 Å². The monoisotopic (exact) mass is 439 g/mol. The number of amides is 1. The number of carbonyl (C=O) groups is 2. The van der Waals surface area contributed by atoms with Crippen LogP contribution in [-0.4, -0.2) is 56.2 Å². The molecule has 1 heterocycles. The number of ether oxygens (including phenoxy) is 2. The molecule has 0 atom stereocenters. The predicted octanol–water partition coefficient (Wildman–Crippen LogP) is 2.60. The lowest BCUT2D eigenvalue weighted by Gasteiger charge is -2.31. The van der Waals surface area contributed by atoms with Crippen LogP contribution in [-0.2, 0) is 16.1 Å². The molecule has 0 radical (unpaired) electrons. The third kappa shape index (κ3) is 7.98. The molecule has 0 saturated carbocycles. The zero-order valence-corrected chi connectivity index (χ0v) is 18.5. The summed E-state index contributed by atoms with van der Waals surface area (Å²) in [5.41, 5.74) is 7.44. The van der Waals surface area contributed by atoms with E-state index in [0.29, 0.717) is 31.1 Å². The molecule has 0 bridgehead atoms. The van der Waals surface area contributed by atoms with Crippen molar-refractivity contribution < 1.29 is 19.1 Å². The van der Waals surface area contributed by atoms with Gasteiger partial charge in [-0.1, -0.05) is 30.3 Å². The summed E-state index contributed by atoms with van der Waals surface area (Å²) in [7, 11) is 0. The molecule has 1 amide bonds. The smallest absolute Gasteiger partial charge is 0.338 e. The summed E-state index contributed by atoms with van der Waals surface area (Å²) >= 11 is 0. The van der Waals surface area contributed by atoms with Crippen LogP contribution in [0.4, 0.5) is 0 Å². The molecule has 0 unspecified atom stereocenters. The van der Waals surface area contributed by atoms with E-state index in [1.807, 2.05) is 18.2 Å². The lowest BCUT2D eigenvalue weighted by molar-refractivity contribution is -0.124. The lowest BCUT2D eigenvalue weighted by atomic mass is 9.97. The van der Waals surface area contributed by atoms with Gasteiger partial charge in [-0.05, 0) is 74.6 Å². The van der Waals surface area contributed by atoms with Crippen LogP contribution in [0.1, 0.15) is 35.2 Å². The highest BCUT2D eigenvalue weighted by Crippen LogP contribution is 2.20. The number of rotatable bonds is 11. The number of piperidine rings is 1. The SMILES string of the molecule is NCC1CCN(Cc2cccc(OCCCNC(=O)COC(=O)c3ccccc3)c2)CC1. The van der Waals surface area contributed by atoms with Gasteiger partial charge in [-0.3, -0.25) is 9.69 Å². The molecule has 1 aliphatic heterocycles. The van der Waals surface area contributed by atoms with Crippen molar-refractivity contribution in [3.05, 3.63) is 65.7 Å². The molecule has 0 aliphatic carbocycles. The topological polar surface area (TPSA) is 93.9 Å². The Morgan fingerprint density at radius 2 is 1.84 bits per heavy atom. The minimum absolute atomic E-state index is 0.293. The van der Waals surface area contributed by atoms with Gasteiger partial charge in [0.05, 0.1) is 12.2 Å². The van der Waals surface area contributed by atoms with Gasteiger partial charge in [-0.15, -0.1) is 0 Å². The first-order chi connectivity index (χ1) is 15.6. The highest BCUT2D eigenvalue weighted by molar-refractivity contribution is 5.91. The Kier molecular flexibility index (Phi) is 9.53. The van der Waals surface area contributed by atoms with Crippen LogP contribution in [0.2, 0.25) is 0 Å². The highest BCUT2D eigenvalue weighted by atomic mass is 16.5. The maximum absolute atomic E-state index is 11.8. The van der Waals surface area contributed by atoms with Crippen molar-refractivity contribution >= 4 is 11.9 Å². The molecule has 7 nitrogen and oxygen atoms in total. The molecular formula is C25H33N3O4. The summed E-state index contributed by atoms with van der Waals surface area (Å²) in [6.07, 6.45) is 3.00. The van der Waals surface area contributed by atoms with Crippen LogP contribution in [0.15, 0.2) is 54.6 Å². The van der Waals surface area contributed by atoms with Gasteiger partial charge in [0.25, 0.3) is 5.91 Å². The van der Waals surface area contributed by atoms with Gasteiger partial charge in [0.1, 0.15) is 5.75 Å². The van der Waals surface area contributed by atoms with E-state index in [1.165, 1.54) is 18.4 Å².